The average Bonchev–Trinajstić information content (AvgIpc) is 2.91. The van der Waals surface area contributed by atoms with Crippen molar-refractivity contribution in [3.05, 3.63) is 40.3 Å². The van der Waals surface area contributed by atoms with E-state index in [0.717, 1.165) is 10.7 Å². The topological polar surface area (TPSA) is 71.1 Å². The highest BCUT2D eigenvalue weighted by molar-refractivity contribution is 7.84. The molecular formula is C15H19N3O2S2. The standard InChI is InChI=1S/C15H19N3O2S2/c1-10(14-17-11(2)9-21-14)8-16-15(19)18-12-5-4-6-13(7-12)22(3)20/h4-7,9-10H,8H2,1-3H3,(H2,16,18,19)/t10-,22-/m1/s1. The van der Waals surface area contributed by atoms with E-state index in [-0.39, 0.29) is 11.9 Å². The summed E-state index contributed by atoms with van der Waals surface area (Å²) >= 11 is 1.60. The summed E-state index contributed by atoms with van der Waals surface area (Å²) in [5, 5.41) is 8.59. The molecule has 0 unspecified atom stereocenters. The number of aryl methyl sites for hydroxylation is 1. The number of benzene rings is 1. The number of rotatable bonds is 5. The Kier molecular flexibility index (Phi) is 5.68. The molecule has 1 aromatic carbocycles. The number of thiazole rings is 1. The van der Waals surface area contributed by atoms with Gasteiger partial charge in [-0.05, 0) is 25.1 Å². The number of aromatic nitrogens is 1. The van der Waals surface area contributed by atoms with Crippen LogP contribution in [-0.2, 0) is 10.8 Å². The fourth-order valence-electron chi connectivity index (χ4n) is 1.86. The summed E-state index contributed by atoms with van der Waals surface area (Å²) < 4.78 is 11.4. The number of hydrogen-bond acceptors (Lipinski definition) is 4. The molecule has 2 atom stereocenters. The van der Waals surface area contributed by atoms with Gasteiger partial charge in [-0.1, -0.05) is 13.0 Å². The molecule has 1 heterocycles. The molecule has 2 amide bonds. The molecule has 118 valence electrons. The van der Waals surface area contributed by atoms with Crippen LogP contribution in [0, 0.1) is 6.92 Å². The van der Waals surface area contributed by atoms with E-state index in [0.29, 0.717) is 17.1 Å². The molecule has 0 saturated carbocycles. The second-order valence-electron chi connectivity index (χ2n) is 5.05. The molecule has 0 aliphatic carbocycles. The lowest BCUT2D eigenvalue weighted by Crippen LogP contribution is -2.31. The van der Waals surface area contributed by atoms with Gasteiger partial charge >= 0.3 is 6.03 Å². The summed E-state index contributed by atoms with van der Waals surface area (Å²) in [5.74, 6) is 0.166. The maximum atomic E-state index is 11.9. The van der Waals surface area contributed by atoms with Crippen LogP contribution < -0.4 is 10.6 Å². The molecular weight excluding hydrogens is 318 g/mol. The van der Waals surface area contributed by atoms with Crippen molar-refractivity contribution in [3.8, 4) is 0 Å². The van der Waals surface area contributed by atoms with Crippen molar-refractivity contribution in [1.82, 2.24) is 10.3 Å². The van der Waals surface area contributed by atoms with Crippen molar-refractivity contribution in [1.29, 1.82) is 0 Å². The Labute approximate surface area is 136 Å². The van der Waals surface area contributed by atoms with Crippen molar-refractivity contribution in [2.45, 2.75) is 24.7 Å². The van der Waals surface area contributed by atoms with Crippen LogP contribution in [0.25, 0.3) is 0 Å². The minimum absolute atomic E-state index is 0.166. The van der Waals surface area contributed by atoms with Crippen molar-refractivity contribution >= 4 is 33.9 Å². The third-order valence-corrected chi connectivity index (χ3v) is 5.16. The van der Waals surface area contributed by atoms with Gasteiger partial charge in [-0.15, -0.1) is 11.3 Å². The summed E-state index contributed by atoms with van der Waals surface area (Å²) in [6, 6.07) is 6.74. The van der Waals surface area contributed by atoms with Gasteiger partial charge in [0.15, 0.2) is 0 Å². The Morgan fingerprint density at radius 3 is 2.86 bits per heavy atom. The Morgan fingerprint density at radius 2 is 2.23 bits per heavy atom. The zero-order chi connectivity index (χ0) is 16.1. The van der Waals surface area contributed by atoms with E-state index in [1.165, 1.54) is 0 Å². The highest BCUT2D eigenvalue weighted by atomic mass is 32.2. The van der Waals surface area contributed by atoms with Crippen LogP contribution in [0.15, 0.2) is 34.5 Å². The maximum Gasteiger partial charge on any atom is 0.319 e. The van der Waals surface area contributed by atoms with Crippen LogP contribution >= 0.6 is 11.3 Å². The first-order valence-electron chi connectivity index (χ1n) is 6.86. The molecule has 22 heavy (non-hydrogen) atoms. The molecule has 1 aromatic heterocycles. The van der Waals surface area contributed by atoms with E-state index in [9.17, 15) is 9.00 Å². The van der Waals surface area contributed by atoms with Gasteiger partial charge in [-0.25, -0.2) is 9.78 Å². The molecule has 0 radical (unpaired) electrons. The van der Waals surface area contributed by atoms with Crippen LogP contribution in [0.2, 0.25) is 0 Å². The van der Waals surface area contributed by atoms with Crippen molar-refractivity contribution < 1.29 is 9.00 Å². The number of urea groups is 1. The van der Waals surface area contributed by atoms with Gasteiger partial charge < -0.3 is 10.6 Å². The second kappa shape index (κ2) is 7.51. The minimum atomic E-state index is -1.07. The smallest absolute Gasteiger partial charge is 0.319 e. The zero-order valence-electron chi connectivity index (χ0n) is 12.8. The fourth-order valence-corrected chi connectivity index (χ4v) is 3.28. The first kappa shape index (κ1) is 16.6. The summed E-state index contributed by atoms with van der Waals surface area (Å²) in [6.45, 7) is 4.50. The highest BCUT2D eigenvalue weighted by Gasteiger charge is 2.11. The van der Waals surface area contributed by atoms with E-state index < -0.39 is 10.8 Å². The molecule has 2 N–H and O–H groups in total. The summed E-state index contributed by atoms with van der Waals surface area (Å²) in [7, 11) is -1.07. The van der Waals surface area contributed by atoms with Crippen molar-refractivity contribution in [2.75, 3.05) is 18.1 Å². The van der Waals surface area contributed by atoms with Gasteiger partial charge in [0.05, 0.1) is 5.01 Å². The molecule has 0 spiro atoms. The fraction of sp³-hybridized carbons (Fsp3) is 0.333. The molecule has 0 aliphatic rings. The SMILES string of the molecule is Cc1csc([C@H](C)CNC(=O)Nc2cccc([S@@](C)=O)c2)n1. The summed E-state index contributed by atoms with van der Waals surface area (Å²) in [5.41, 5.74) is 1.63. The van der Waals surface area contributed by atoms with Gasteiger partial charge in [0.2, 0.25) is 0 Å². The molecule has 5 nitrogen and oxygen atoms in total. The Hall–Kier alpha value is -1.73. The quantitative estimate of drug-likeness (QED) is 0.880. The number of nitrogens with one attached hydrogen (secondary N) is 2. The minimum Gasteiger partial charge on any atom is -0.337 e. The lowest BCUT2D eigenvalue weighted by molar-refractivity contribution is 0.251. The molecule has 0 bridgehead atoms. The van der Waals surface area contributed by atoms with E-state index in [1.807, 2.05) is 19.2 Å². The van der Waals surface area contributed by atoms with Gasteiger partial charge in [0.25, 0.3) is 0 Å². The van der Waals surface area contributed by atoms with Gasteiger partial charge in [0.1, 0.15) is 0 Å². The number of hydrogen-bond donors (Lipinski definition) is 2. The third kappa shape index (κ3) is 4.64. The number of nitrogens with zero attached hydrogens (tertiary/aromatic N) is 1. The van der Waals surface area contributed by atoms with Crippen LogP contribution in [0.1, 0.15) is 23.5 Å². The van der Waals surface area contributed by atoms with Crippen LogP contribution in [0.5, 0.6) is 0 Å². The Bertz CT molecular complexity index is 685. The molecule has 0 fully saturated rings. The lowest BCUT2D eigenvalue weighted by atomic mass is 10.2. The first-order chi connectivity index (χ1) is 10.5. The van der Waals surface area contributed by atoms with Gasteiger partial charge in [-0.3, -0.25) is 4.21 Å². The molecule has 2 aromatic rings. The average molecular weight is 337 g/mol. The van der Waals surface area contributed by atoms with Crippen LogP contribution in [0.3, 0.4) is 0 Å². The Balaban J connectivity index is 1.88. The lowest BCUT2D eigenvalue weighted by Gasteiger charge is -2.11. The van der Waals surface area contributed by atoms with Crippen LogP contribution in [-0.4, -0.2) is 28.0 Å². The van der Waals surface area contributed by atoms with Gasteiger partial charge in [-0.2, -0.15) is 0 Å². The maximum absolute atomic E-state index is 11.9. The first-order valence-corrected chi connectivity index (χ1v) is 9.30. The summed E-state index contributed by atoms with van der Waals surface area (Å²) in [6.07, 6.45) is 1.61. The number of carbonyl (C=O) groups excluding carboxylic acids is 1. The molecule has 7 heteroatoms. The third-order valence-electron chi connectivity index (χ3n) is 3.05. The second-order valence-corrected chi connectivity index (χ2v) is 7.31. The zero-order valence-corrected chi connectivity index (χ0v) is 14.4. The van der Waals surface area contributed by atoms with Crippen molar-refractivity contribution in [2.24, 2.45) is 0 Å². The van der Waals surface area contributed by atoms with E-state index in [2.05, 4.69) is 15.6 Å². The Morgan fingerprint density at radius 1 is 1.45 bits per heavy atom. The largest absolute Gasteiger partial charge is 0.337 e. The number of anilines is 1. The van der Waals surface area contributed by atoms with E-state index in [1.54, 1.807) is 41.9 Å². The monoisotopic (exact) mass is 337 g/mol. The van der Waals surface area contributed by atoms with Crippen molar-refractivity contribution in [3.63, 3.8) is 0 Å². The van der Waals surface area contributed by atoms with E-state index >= 15 is 0 Å². The molecule has 0 saturated heterocycles. The molecule has 0 aliphatic heterocycles. The highest BCUT2D eigenvalue weighted by Crippen LogP contribution is 2.19. The number of carbonyl (C=O) groups is 1. The van der Waals surface area contributed by atoms with Gasteiger partial charge in [0, 0.05) is 51.2 Å². The predicted molar refractivity (Wildman–Crippen MR) is 91.1 cm³/mol. The van der Waals surface area contributed by atoms with E-state index in [4.69, 9.17) is 0 Å². The molecule has 2 rings (SSSR count). The predicted octanol–water partition coefficient (Wildman–Crippen LogP) is 3.11. The number of amides is 2. The summed E-state index contributed by atoms with van der Waals surface area (Å²) in [4.78, 5) is 17.0. The normalized spacial score (nSPS) is 13.4. The van der Waals surface area contributed by atoms with Crippen LogP contribution in [0.4, 0.5) is 10.5 Å².